The fourth-order valence-corrected chi connectivity index (χ4v) is 3.08. The number of fused-ring (bicyclic) bond motifs is 3. The average Bonchev–Trinajstić information content (AvgIpc) is 2.97. The molecule has 1 aromatic rings. The predicted octanol–water partition coefficient (Wildman–Crippen LogP) is 2.53. The van der Waals surface area contributed by atoms with Crippen molar-refractivity contribution in [3.05, 3.63) is 65.5 Å². The summed E-state index contributed by atoms with van der Waals surface area (Å²) in [6, 6.07) is 6.89. The van der Waals surface area contributed by atoms with Crippen molar-refractivity contribution in [3.63, 3.8) is 0 Å². The number of carbonyl (C=O) groups is 1. The number of hydrazone groups is 1. The second-order valence-electron chi connectivity index (χ2n) is 5.98. The molecular weight excluding hydrogens is 365 g/mol. The van der Waals surface area contributed by atoms with E-state index in [1.54, 1.807) is 29.3 Å². The molecule has 140 valence electrons. The molecule has 4 rings (SSSR count). The van der Waals surface area contributed by atoms with Gasteiger partial charge in [0.05, 0.1) is 17.7 Å². The standard InChI is InChI=1S/C17H13F3N4O3/c1-22-14-16(26)23(10-6-8-11(9-7-10)27-17(18,19)20)21-24(14)13-5-3-2-4-12(13)15(22)25/h2-6,8-9,21H,7H2,1H3/p+1. The van der Waals surface area contributed by atoms with E-state index in [1.807, 2.05) is 0 Å². The molecule has 0 atom stereocenters. The predicted molar refractivity (Wildman–Crippen MR) is 88.1 cm³/mol. The molecule has 2 aliphatic heterocycles. The minimum Gasteiger partial charge on any atom is -0.455 e. The van der Waals surface area contributed by atoms with E-state index in [0.29, 0.717) is 17.0 Å². The van der Waals surface area contributed by atoms with Crippen LogP contribution in [0.2, 0.25) is 0 Å². The first-order valence-electron chi connectivity index (χ1n) is 7.93. The van der Waals surface area contributed by atoms with E-state index in [0.717, 1.165) is 6.08 Å². The van der Waals surface area contributed by atoms with Gasteiger partial charge in [-0.05, 0) is 29.0 Å². The number of halogens is 3. The maximum atomic E-state index is 12.5. The van der Waals surface area contributed by atoms with Crippen LogP contribution in [0.3, 0.4) is 0 Å². The van der Waals surface area contributed by atoms with Gasteiger partial charge in [-0.15, -0.1) is 13.2 Å². The highest BCUT2D eigenvalue weighted by atomic mass is 19.4. The molecular formula is C17H14F3N4O3+. The van der Waals surface area contributed by atoms with Gasteiger partial charge in [0, 0.05) is 13.1 Å². The van der Waals surface area contributed by atoms with Crippen LogP contribution >= 0.6 is 0 Å². The Labute approximate surface area is 151 Å². The van der Waals surface area contributed by atoms with Crippen LogP contribution in [0.5, 0.6) is 0 Å². The number of alkyl halides is 3. The van der Waals surface area contributed by atoms with Gasteiger partial charge in [-0.25, -0.2) is 0 Å². The van der Waals surface area contributed by atoms with Gasteiger partial charge in [-0.3, -0.25) is 9.69 Å². The molecule has 1 aromatic carbocycles. The number of nitrogens with zero attached hydrogens (tertiary/aromatic N) is 3. The highest BCUT2D eigenvalue weighted by Crippen LogP contribution is 2.34. The Bertz CT molecular complexity index is 962. The number of ether oxygens (including phenoxy) is 1. The van der Waals surface area contributed by atoms with Crippen LogP contribution < -0.4 is 10.5 Å². The van der Waals surface area contributed by atoms with Crippen molar-refractivity contribution in [1.29, 1.82) is 0 Å². The fraction of sp³-hybridized carbons (Fsp3) is 0.176. The molecule has 7 nitrogen and oxygen atoms in total. The molecule has 2 N–H and O–H groups in total. The highest BCUT2D eigenvalue weighted by Gasteiger charge is 2.46. The molecule has 0 fully saturated rings. The van der Waals surface area contributed by atoms with E-state index in [1.165, 1.54) is 28.8 Å². The van der Waals surface area contributed by atoms with Crippen LogP contribution in [0.4, 0.5) is 18.9 Å². The number of nitrogens with one attached hydrogen (secondary N) is 1. The van der Waals surface area contributed by atoms with Crippen LogP contribution in [-0.4, -0.2) is 39.7 Å². The first-order valence-corrected chi connectivity index (χ1v) is 7.93. The topological polar surface area (TPSA) is 68.1 Å². The number of aliphatic hydroxyl groups excluding tert-OH is 1. The number of para-hydroxylation sites is 1. The van der Waals surface area contributed by atoms with Gasteiger partial charge in [0.1, 0.15) is 5.76 Å². The summed E-state index contributed by atoms with van der Waals surface area (Å²) >= 11 is 0. The number of amides is 1. The third-order valence-corrected chi connectivity index (χ3v) is 4.29. The lowest BCUT2D eigenvalue weighted by Gasteiger charge is -2.30. The summed E-state index contributed by atoms with van der Waals surface area (Å²) in [6.45, 7) is 0. The zero-order valence-corrected chi connectivity index (χ0v) is 14.0. The summed E-state index contributed by atoms with van der Waals surface area (Å²) in [5, 5.41) is 12.2. The zero-order valence-electron chi connectivity index (χ0n) is 14.0. The second-order valence-corrected chi connectivity index (χ2v) is 5.98. The van der Waals surface area contributed by atoms with E-state index in [-0.39, 0.29) is 29.8 Å². The largest absolute Gasteiger partial charge is 0.573 e. The van der Waals surface area contributed by atoms with E-state index in [4.69, 9.17) is 0 Å². The van der Waals surface area contributed by atoms with Crippen LogP contribution in [0.25, 0.3) is 0 Å². The molecule has 0 spiro atoms. The van der Waals surface area contributed by atoms with Crippen LogP contribution in [-0.2, 0) is 4.74 Å². The van der Waals surface area contributed by atoms with Crippen LogP contribution in [0.1, 0.15) is 16.8 Å². The lowest BCUT2D eigenvalue weighted by Crippen LogP contribution is -2.47. The Morgan fingerprint density at radius 1 is 1.26 bits per heavy atom. The van der Waals surface area contributed by atoms with Crippen molar-refractivity contribution in [3.8, 4) is 0 Å². The first-order chi connectivity index (χ1) is 12.8. The quantitative estimate of drug-likeness (QED) is 0.734. The molecule has 2 heterocycles. The minimum atomic E-state index is -4.77. The van der Waals surface area contributed by atoms with Crippen LogP contribution in [0, 0.1) is 0 Å². The zero-order chi connectivity index (χ0) is 19.3. The third kappa shape index (κ3) is 2.78. The highest BCUT2D eigenvalue weighted by molar-refractivity contribution is 6.03. The van der Waals surface area contributed by atoms with Crippen molar-refractivity contribution in [2.24, 2.45) is 0 Å². The number of hydrazine groups is 2. The average molecular weight is 379 g/mol. The van der Waals surface area contributed by atoms with Gasteiger partial charge < -0.3 is 9.84 Å². The van der Waals surface area contributed by atoms with Crippen LogP contribution in [0.15, 0.2) is 60.0 Å². The normalized spacial score (nSPS) is 21.8. The number of carbonyl (C=O) groups excluding carboxylic acids is 1. The molecule has 0 saturated carbocycles. The number of benzene rings is 1. The maximum Gasteiger partial charge on any atom is 0.573 e. The molecule has 3 aliphatic rings. The molecule has 0 aromatic heterocycles. The number of hydrogen-bond acceptors (Lipinski definition) is 5. The molecule has 1 aliphatic carbocycles. The van der Waals surface area contributed by atoms with Gasteiger partial charge in [-0.2, -0.15) is 5.01 Å². The van der Waals surface area contributed by atoms with Crippen molar-refractivity contribution >= 4 is 17.3 Å². The summed E-state index contributed by atoms with van der Waals surface area (Å²) < 4.78 is 42.1. The molecule has 0 unspecified atom stereocenters. The first kappa shape index (κ1) is 17.0. The van der Waals surface area contributed by atoms with E-state index in [9.17, 15) is 23.1 Å². The fourth-order valence-electron chi connectivity index (χ4n) is 3.08. The lowest BCUT2D eigenvalue weighted by atomic mass is 10.1. The van der Waals surface area contributed by atoms with Gasteiger partial charge in [0.2, 0.25) is 5.71 Å². The molecule has 1 amide bonds. The van der Waals surface area contributed by atoms with E-state index in [2.05, 4.69) is 10.3 Å². The molecule has 10 heteroatoms. The Hall–Kier alpha value is -3.43. The number of anilines is 1. The van der Waals surface area contributed by atoms with Crippen molar-refractivity contribution in [2.75, 3.05) is 12.1 Å². The van der Waals surface area contributed by atoms with E-state index < -0.39 is 6.36 Å². The minimum absolute atomic E-state index is 0.0827. The number of allylic oxidation sites excluding steroid dienone is 3. The monoisotopic (exact) mass is 379 g/mol. The maximum absolute atomic E-state index is 12.5. The summed E-state index contributed by atoms with van der Waals surface area (Å²) in [4.78, 5) is 13.8. The Morgan fingerprint density at radius 3 is 2.67 bits per heavy atom. The lowest BCUT2D eigenvalue weighted by molar-refractivity contribution is -0.556. The van der Waals surface area contributed by atoms with Crippen molar-refractivity contribution < 1.29 is 32.5 Å². The second kappa shape index (κ2) is 5.79. The van der Waals surface area contributed by atoms with E-state index >= 15 is 0 Å². The van der Waals surface area contributed by atoms with Gasteiger partial charge in [0.25, 0.3) is 11.7 Å². The Morgan fingerprint density at radius 2 is 2.00 bits per heavy atom. The molecule has 27 heavy (non-hydrogen) atoms. The molecule has 0 radical (unpaired) electrons. The van der Waals surface area contributed by atoms with Crippen molar-refractivity contribution in [1.82, 2.24) is 10.4 Å². The number of aliphatic hydroxyl groups is 1. The summed E-state index contributed by atoms with van der Waals surface area (Å²) in [7, 11) is 1.53. The van der Waals surface area contributed by atoms with Crippen molar-refractivity contribution in [2.45, 2.75) is 12.8 Å². The smallest absolute Gasteiger partial charge is 0.455 e. The summed E-state index contributed by atoms with van der Waals surface area (Å²) in [5.41, 5.74) is 4.44. The summed E-state index contributed by atoms with van der Waals surface area (Å²) in [6.07, 6.45) is -0.873. The molecule has 0 saturated heterocycles. The third-order valence-electron chi connectivity index (χ3n) is 4.29. The van der Waals surface area contributed by atoms with Gasteiger partial charge >= 0.3 is 12.2 Å². The number of rotatable bonds is 1. The molecule has 0 bridgehead atoms. The summed E-state index contributed by atoms with van der Waals surface area (Å²) in [5.74, 6) is -0.625. The SMILES string of the molecule is CN1C(=O)c2ccccc2N2N[N+](=C3C=CC(OC(F)(F)F)=CC3)C(O)=C12. The Balaban J connectivity index is 1.70. The van der Waals surface area contributed by atoms with Gasteiger partial charge in [0.15, 0.2) is 0 Å². The number of hydrogen-bond donors (Lipinski definition) is 2. The van der Waals surface area contributed by atoms with Gasteiger partial charge in [-0.1, -0.05) is 17.7 Å². The Kier molecular flexibility index (Phi) is 3.65.